The standard InChI is InChI=1S/C12H10BrNOS/c13-9-3-2-8-6-11(16-10(8)7-9)12(15)14-4-1-5-14/h2-3,6-7H,1,4-5H2. The Hall–Kier alpha value is -0.870. The summed E-state index contributed by atoms with van der Waals surface area (Å²) in [5.74, 6) is 0.184. The van der Waals surface area contributed by atoms with Crippen LogP contribution in [0.5, 0.6) is 0 Å². The summed E-state index contributed by atoms with van der Waals surface area (Å²) in [7, 11) is 0. The maximum atomic E-state index is 12.0. The Balaban J connectivity index is 2.01. The third kappa shape index (κ3) is 1.66. The van der Waals surface area contributed by atoms with Crippen LogP contribution >= 0.6 is 27.3 Å². The lowest BCUT2D eigenvalue weighted by atomic mass is 10.2. The Morgan fingerprint density at radius 3 is 2.81 bits per heavy atom. The highest BCUT2D eigenvalue weighted by Crippen LogP contribution is 2.29. The first-order chi connectivity index (χ1) is 7.74. The van der Waals surface area contributed by atoms with E-state index in [0.717, 1.165) is 34.2 Å². The molecule has 0 saturated carbocycles. The maximum absolute atomic E-state index is 12.0. The van der Waals surface area contributed by atoms with Gasteiger partial charge in [0.2, 0.25) is 0 Å². The number of benzene rings is 1. The SMILES string of the molecule is O=C(c1cc2ccc(Br)cc2s1)N1CCC1. The second-order valence-corrected chi connectivity index (χ2v) is 5.94. The van der Waals surface area contributed by atoms with E-state index in [0.29, 0.717) is 0 Å². The van der Waals surface area contributed by atoms with Crippen LogP contribution in [0.25, 0.3) is 10.1 Å². The number of rotatable bonds is 1. The molecule has 0 atom stereocenters. The third-order valence-corrected chi connectivity index (χ3v) is 4.42. The summed E-state index contributed by atoms with van der Waals surface area (Å²) in [6.45, 7) is 1.83. The fourth-order valence-corrected chi connectivity index (χ4v) is 3.37. The summed E-state index contributed by atoms with van der Waals surface area (Å²) in [6.07, 6.45) is 1.14. The summed E-state index contributed by atoms with van der Waals surface area (Å²) in [5.41, 5.74) is 0. The summed E-state index contributed by atoms with van der Waals surface area (Å²) < 4.78 is 2.23. The number of hydrogen-bond donors (Lipinski definition) is 0. The Morgan fingerprint density at radius 2 is 2.12 bits per heavy atom. The van der Waals surface area contributed by atoms with Crippen molar-refractivity contribution in [2.75, 3.05) is 13.1 Å². The molecule has 2 heterocycles. The monoisotopic (exact) mass is 295 g/mol. The van der Waals surface area contributed by atoms with Crippen LogP contribution in [0.2, 0.25) is 0 Å². The molecule has 0 radical (unpaired) electrons. The molecule has 2 nitrogen and oxygen atoms in total. The van der Waals surface area contributed by atoms with Gasteiger partial charge in [0.15, 0.2) is 0 Å². The van der Waals surface area contributed by atoms with E-state index in [1.165, 1.54) is 4.70 Å². The lowest BCUT2D eigenvalue weighted by Gasteiger charge is -2.30. The van der Waals surface area contributed by atoms with Crippen LogP contribution < -0.4 is 0 Å². The van der Waals surface area contributed by atoms with Crippen molar-refractivity contribution in [1.29, 1.82) is 0 Å². The fraction of sp³-hybridized carbons (Fsp3) is 0.250. The number of amides is 1. The van der Waals surface area contributed by atoms with Crippen molar-refractivity contribution in [1.82, 2.24) is 4.90 Å². The zero-order valence-corrected chi connectivity index (χ0v) is 11.0. The zero-order chi connectivity index (χ0) is 11.1. The van der Waals surface area contributed by atoms with E-state index in [1.54, 1.807) is 11.3 Å². The number of carbonyl (C=O) groups is 1. The molecule has 16 heavy (non-hydrogen) atoms. The molecule has 1 aliphatic heterocycles. The van der Waals surface area contributed by atoms with Gasteiger partial charge in [-0.05, 0) is 30.0 Å². The highest BCUT2D eigenvalue weighted by molar-refractivity contribution is 9.10. The van der Waals surface area contributed by atoms with Crippen LogP contribution in [-0.4, -0.2) is 23.9 Å². The van der Waals surface area contributed by atoms with Gasteiger partial charge in [-0.1, -0.05) is 22.0 Å². The molecule has 1 aromatic carbocycles. The molecular formula is C12H10BrNOS. The lowest BCUT2D eigenvalue weighted by Crippen LogP contribution is -2.41. The first-order valence-corrected chi connectivity index (χ1v) is 6.83. The lowest BCUT2D eigenvalue weighted by molar-refractivity contribution is 0.0657. The third-order valence-electron chi connectivity index (χ3n) is 2.84. The van der Waals surface area contributed by atoms with Crippen LogP contribution in [0, 0.1) is 0 Å². The van der Waals surface area contributed by atoms with Gasteiger partial charge in [-0.2, -0.15) is 0 Å². The first-order valence-electron chi connectivity index (χ1n) is 5.22. The van der Waals surface area contributed by atoms with Gasteiger partial charge in [0, 0.05) is 22.3 Å². The topological polar surface area (TPSA) is 20.3 Å². The number of carbonyl (C=O) groups excluding carboxylic acids is 1. The van der Waals surface area contributed by atoms with Crippen LogP contribution in [-0.2, 0) is 0 Å². The van der Waals surface area contributed by atoms with Crippen molar-refractivity contribution >= 4 is 43.3 Å². The van der Waals surface area contributed by atoms with E-state index >= 15 is 0 Å². The fourth-order valence-electron chi connectivity index (χ4n) is 1.79. The average molecular weight is 296 g/mol. The van der Waals surface area contributed by atoms with Crippen LogP contribution in [0.1, 0.15) is 16.1 Å². The number of likely N-dealkylation sites (tertiary alicyclic amines) is 1. The van der Waals surface area contributed by atoms with Gasteiger partial charge >= 0.3 is 0 Å². The molecular weight excluding hydrogens is 286 g/mol. The number of hydrogen-bond acceptors (Lipinski definition) is 2. The molecule has 1 saturated heterocycles. The molecule has 2 aromatic rings. The van der Waals surface area contributed by atoms with E-state index in [1.807, 2.05) is 23.1 Å². The molecule has 1 aliphatic rings. The summed E-state index contributed by atoms with van der Waals surface area (Å²) in [6, 6.07) is 8.11. The molecule has 0 spiro atoms. The van der Waals surface area contributed by atoms with E-state index in [-0.39, 0.29) is 5.91 Å². The van der Waals surface area contributed by atoms with Crippen molar-refractivity contribution in [3.63, 3.8) is 0 Å². The Kier molecular flexibility index (Phi) is 2.48. The van der Waals surface area contributed by atoms with Crippen LogP contribution in [0.4, 0.5) is 0 Å². The molecule has 0 N–H and O–H groups in total. The van der Waals surface area contributed by atoms with Crippen molar-refractivity contribution in [3.05, 3.63) is 33.6 Å². The van der Waals surface area contributed by atoms with E-state index < -0.39 is 0 Å². The van der Waals surface area contributed by atoms with Crippen molar-refractivity contribution in [2.24, 2.45) is 0 Å². The van der Waals surface area contributed by atoms with Gasteiger partial charge in [-0.15, -0.1) is 11.3 Å². The van der Waals surface area contributed by atoms with E-state index in [2.05, 4.69) is 22.0 Å². The predicted octanol–water partition coefficient (Wildman–Crippen LogP) is 3.51. The largest absolute Gasteiger partial charge is 0.338 e. The summed E-state index contributed by atoms with van der Waals surface area (Å²) >= 11 is 5.02. The van der Waals surface area contributed by atoms with Gasteiger partial charge in [-0.25, -0.2) is 0 Å². The van der Waals surface area contributed by atoms with Crippen molar-refractivity contribution in [2.45, 2.75) is 6.42 Å². The molecule has 3 rings (SSSR count). The second kappa shape index (κ2) is 3.86. The molecule has 1 fully saturated rings. The quantitative estimate of drug-likeness (QED) is 0.788. The minimum Gasteiger partial charge on any atom is -0.338 e. The van der Waals surface area contributed by atoms with E-state index in [9.17, 15) is 4.79 Å². The van der Waals surface area contributed by atoms with Crippen molar-refractivity contribution < 1.29 is 4.79 Å². The maximum Gasteiger partial charge on any atom is 0.263 e. The highest BCUT2D eigenvalue weighted by atomic mass is 79.9. The van der Waals surface area contributed by atoms with E-state index in [4.69, 9.17) is 0 Å². The first kappa shape index (κ1) is 10.3. The van der Waals surface area contributed by atoms with Gasteiger partial charge in [0.25, 0.3) is 5.91 Å². The molecule has 0 aliphatic carbocycles. The van der Waals surface area contributed by atoms with Gasteiger partial charge in [0.05, 0.1) is 4.88 Å². The van der Waals surface area contributed by atoms with Crippen molar-refractivity contribution in [3.8, 4) is 0 Å². The van der Waals surface area contributed by atoms with Gasteiger partial charge < -0.3 is 4.90 Å². The molecule has 1 aromatic heterocycles. The molecule has 4 heteroatoms. The highest BCUT2D eigenvalue weighted by Gasteiger charge is 2.22. The Bertz CT molecular complexity index is 559. The average Bonchev–Trinajstić information content (AvgIpc) is 2.57. The number of fused-ring (bicyclic) bond motifs is 1. The zero-order valence-electron chi connectivity index (χ0n) is 8.57. The molecule has 0 bridgehead atoms. The number of thiophene rings is 1. The minimum absolute atomic E-state index is 0.184. The summed E-state index contributed by atoms with van der Waals surface area (Å²) in [5, 5.41) is 1.15. The number of halogens is 1. The normalized spacial score (nSPS) is 15.2. The van der Waals surface area contributed by atoms with Gasteiger partial charge in [-0.3, -0.25) is 4.79 Å². The van der Waals surface area contributed by atoms with Crippen LogP contribution in [0.15, 0.2) is 28.7 Å². The Labute approximate surface area is 106 Å². The molecule has 82 valence electrons. The molecule has 1 amide bonds. The Morgan fingerprint density at radius 1 is 1.31 bits per heavy atom. The second-order valence-electron chi connectivity index (χ2n) is 3.94. The minimum atomic E-state index is 0.184. The molecule has 0 unspecified atom stereocenters. The summed E-state index contributed by atoms with van der Waals surface area (Å²) in [4.78, 5) is 14.8. The van der Waals surface area contributed by atoms with Gasteiger partial charge in [0.1, 0.15) is 0 Å². The smallest absolute Gasteiger partial charge is 0.263 e. The van der Waals surface area contributed by atoms with Crippen LogP contribution in [0.3, 0.4) is 0 Å². The number of nitrogens with zero attached hydrogens (tertiary/aromatic N) is 1. The predicted molar refractivity (Wildman–Crippen MR) is 70.0 cm³/mol.